The average Bonchev–Trinajstić information content (AvgIpc) is 2.57. The van der Waals surface area contributed by atoms with E-state index in [9.17, 15) is 0 Å². The fourth-order valence-electron chi connectivity index (χ4n) is 4.43. The van der Waals surface area contributed by atoms with Gasteiger partial charge in [-0.15, -0.1) is 0 Å². The van der Waals surface area contributed by atoms with Gasteiger partial charge in [0.1, 0.15) is 0 Å². The van der Waals surface area contributed by atoms with Gasteiger partial charge in [0, 0.05) is 0 Å². The lowest BCUT2D eigenvalue weighted by Crippen LogP contribution is -2.08. The van der Waals surface area contributed by atoms with Gasteiger partial charge in [-0.3, -0.25) is 0 Å². The summed E-state index contributed by atoms with van der Waals surface area (Å²) in [6, 6.07) is 0. The van der Waals surface area contributed by atoms with Gasteiger partial charge in [-0.25, -0.2) is 0 Å². The van der Waals surface area contributed by atoms with E-state index in [2.05, 4.69) is 34.6 Å². The number of hydrogen-bond acceptors (Lipinski definition) is 0. The van der Waals surface area contributed by atoms with Gasteiger partial charge in [-0.05, 0) is 30.6 Å². The smallest absolute Gasteiger partial charge is 0.0438 e. The zero-order chi connectivity index (χ0) is 18.8. The lowest BCUT2D eigenvalue weighted by Gasteiger charge is -2.21. The van der Waals surface area contributed by atoms with E-state index in [0.29, 0.717) is 0 Å². The molecule has 0 radical (unpaired) electrons. The van der Waals surface area contributed by atoms with E-state index in [1.165, 1.54) is 109 Å². The molecule has 3 atom stereocenters. The molecule has 0 aliphatic carbocycles. The molecule has 152 valence electrons. The summed E-state index contributed by atoms with van der Waals surface area (Å²) in [4.78, 5) is 0. The molecule has 0 spiro atoms. The maximum Gasteiger partial charge on any atom is -0.0438 e. The van der Waals surface area contributed by atoms with Crippen molar-refractivity contribution in [2.45, 2.75) is 144 Å². The molecule has 0 heterocycles. The van der Waals surface area contributed by atoms with E-state index in [1.807, 2.05) is 0 Å². The molecular formula is C25H52. The van der Waals surface area contributed by atoms with Crippen molar-refractivity contribution in [1.82, 2.24) is 0 Å². The van der Waals surface area contributed by atoms with Crippen molar-refractivity contribution >= 4 is 0 Å². The molecule has 0 nitrogen and oxygen atoms in total. The molecule has 0 saturated heterocycles. The Hall–Kier alpha value is 0. The third-order valence-electron chi connectivity index (χ3n) is 5.96. The summed E-state index contributed by atoms with van der Waals surface area (Å²) < 4.78 is 0. The first-order valence-electron chi connectivity index (χ1n) is 12.1. The minimum atomic E-state index is 0.926. The maximum absolute atomic E-state index is 2.50. The van der Waals surface area contributed by atoms with Crippen LogP contribution in [0.3, 0.4) is 0 Å². The first kappa shape index (κ1) is 25.0. The summed E-state index contributed by atoms with van der Waals surface area (Å²) in [6.07, 6.45) is 24.6. The van der Waals surface area contributed by atoms with Crippen LogP contribution in [0, 0.1) is 17.8 Å². The Bertz CT molecular complexity index is 244. The maximum atomic E-state index is 2.50. The lowest BCUT2D eigenvalue weighted by atomic mass is 9.85. The van der Waals surface area contributed by atoms with Crippen molar-refractivity contribution in [2.24, 2.45) is 17.8 Å². The Balaban J connectivity index is 3.47. The van der Waals surface area contributed by atoms with Gasteiger partial charge in [0.2, 0.25) is 0 Å². The van der Waals surface area contributed by atoms with Gasteiger partial charge >= 0.3 is 0 Å². The van der Waals surface area contributed by atoms with Crippen molar-refractivity contribution < 1.29 is 0 Å². The topological polar surface area (TPSA) is 0 Å². The quantitative estimate of drug-likeness (QED) is 0.203. The van der Waals surface area contributed by atoms with Gasteiger partial charge in [-0.1, -0.05) is 131 Å². The van der Waals surface area contributed by atoms with Crippen LogP contribution in [0.2, 0.25) is 0 Å². The normalized spacial score (nSPS) is 15.2. The lowest BCUT2D eigenvalue weighted by molar-refractivity contribution is 0.315. The SMILES string of the molecule is CCCCCCCCCCCC(C)CC(C)CC(C)CCCCCC. The Morgan fingerprint density at radius 1 is 0.400 bits per heavy atom. The van der Waals surface area contributed by atoms with Gasteiger partial charge in [0.15, 0.2) is 0 Å². The molecule has 0 aliphatic rings. The summed E-state index contributed by atoms with van der Waals surface area (Å²) in [5.41, 5.74) is 0. The van der Waals surface area contributed by atoms with Gasteiger partial charge < -0.3 is 0 Å². The van der Waals surface area contributed by atoms with Crippen LogP contribution in [0.5, 0.6) is 0 Å². The van der Waals surface area contributed by atoms with Crippen LogP contribution in [0.15, 0.2) is 0 Å². The predicted octanol–water partition coefficient (Wildman–Crippen LogP) is 9.57. The van der Waals surface area contributed by atoms with Crippen LogP contribution < -0.4 is 0 Å². The largest absolute Gasteiger partial charge is 0.0654 e. The summed E-state index contributed by atoms with van der Waals surface area (Å²) in [5, 5.41) is 0. The molecule has 0 saturated carbocycles. The van der Waals surface area contributed by atoms with Crippen LogP contribution in [0.25, 0.3) is 0 Å². The zero-order valence-electron chi connectivity index (χ0n) is 18.8. The Kier molecular flexibility index (Phi) is 18.8. The summed E-state index contributed by atoms with van der Waals surface area (Å²) in [5.74, 6) is 2.80. The molecule has 25 heavy (non-hydrogen) atoms. The molecule has 0 rings (SSSR count). The highest BCUT2D eigenvalue weighted by Crippen LogP contribution is 2.25. The van der Waals surface area contributed by atoms with Crippen molar-refractivity contribution in [3.05, 3.63) is 0 Å². The molecule has 0 aliphatic heterocycles. The highest BCUT2D eigenvalue weighted by molar-refractivity contribution is 4.64. The first-order chi connectivity index (χ1) is 12.1. The zero-order valence-corrected chi connectivity index (χ0v) is 18.8. The molecular weight excluding hydrogens is 300 g/mol. The fraction of sp³-hybridized carbons (Fsp3) is 1.00. The molecule has 0 fully saturated rings. The highest BCUT2D eigenvalue weighted by atomic mass is 14.2. The molecule has 0 bridgehead atoms. The Labute approximate surface area is 161 Å². The molecule has 0 aromatic rings. The predicted molar refractivity (Wildman–Crippen MR) is 117 cm³/mol. The molecule has 0 amide bonds. The van der Waals surface area contributed by atoms with Gasteiger partial charge in [0.05, 0.1) is 0 Å². The van der Waals surface area contributed by atoms with Crippen molar-refractivity contribution in [3.63, 3.8) is 0 Å². The van der Waals surface area contributed by atoms with Crippen LogP contribution in [-0.4, -0.2) is 0 Å². The van der Waals surface area contributed by atoms with Crippen LogP contribution in [-0.2, 0) is 0 Å². The van der Waals surface area contributed by atoms with Crippen molar-refractivity contribution in [1.29, 1.82) is 0 Å². The summed E-state index contributed by atoms with van der Waals surface area (Å²) in [7, 11) is 0. The molecule has 0 heteroatoms. The van der Waals surface area contributed by atoms with E-state index < -0.39 is 0 Å². The highest BCUT2D eigenvalue weighted by Gasteiger charge is 2.12. The van der Waals surface area contributed by atoms with E-state index in [0.717, 1.165) is 17.8 Å². The molecule has 0 aromatic heterocycles. The van der Waals surface area contributed by atoms with E-state index in [1.54, 1.807) is 0 Å². The number of unbranched alkanes of at least 4 members (excludes halogenated alkanes) is 11. The van der Waals surface area contributed by atoms with Crippen molar-refractivity contribution in [2.75, 3.05) is 0 Å². The molecule has 0 aromatic carbocycles. The number of rotatable bonds is 19. The Morgan fingerprint density at radius 2 is 0.720 bits per heavy atom. The minimum absolute atomic E-state index is 0.926. The van der Waals surface area contributed by atoms with E-state index in [4.69, 9.17) is 0 Å². The second-order valence-electron chi connectivity index (χ2n) is 9.25. The van der Waals surface area contributed by atoms with E-state index >= 15 is 0 Å². The standard InChI is InChI=1S/C25H52/c1-6-8-10-12-13-14-15-16-18-20-24(4)22-25(5)21-23(3)19-17-11-9-7-2/h23-25H,6-22H2,1-5H3. The molecule has 0 N–H and O–H groups in total. The van der Waals surface area contributed by atoms with Crippen molar-refractivity contribution in [3.8, 4) is 0 Å². The van der Waals surface area contributed by atoms with Crippen LogP contribution >= 0.6 is 0 Å². The molecule has 3 unspecified atom stereocenters. The summed E-state index contributed by atoms with van der Waals surface area (Å²) in [6.45, 7) is 12.1. The second-order valence-corrected chi connectivity index (χ2v) is 9.25. The van der Waals surface area contributed by atoms with Crippen LogP contribution in [0.4, 0.5) is 0 Å². The van der Waals surface area contributed by atoms with E-state index in [-0.39, 0.29) is 0 Å². The second kappa shape index (κ2) is 18.8. The number of hydrogen-bond donors (Lipinski definition) is 0. The average molecular weight is 353 g/mol. The monoisotopic (exact) mass is 352 g/mol. The third-order valence-corrected chi connectivity index (χ3v) is 5.96. The first-order valence-corrected chi connectivity index (χ1v) is 12.1. The third kappa shape index (κ3) is 18.6. The van der Waals surface area contributed by atoms with Gasteiger partial charge in [0.25, 0.3) is 0 Å². The Morgan fingerprint density at radius 3 is 1.12 bits per heavy atom. The summed E-state index contributed by atoms with van der Waals surface area (Å²) >= 11 is 0. The van der Waals surface area contributed by atoms with Crippen LogP contribution in [0.1, 0.15) is 144 Å². The fourth-order valence-corrected chi connectivity index (χ4v) is 4.43. The minimum Gasteiger partial charge on any atom is -0.0654 e. The van der Waals surface area contributed by atoms with Gasteiger partial charge in [-0.2, -0.15) is 0 Å².